The topological polar surface area (TPSA) is 53.4 Å². The monoisotopic (exact) mass is 280 g/mol. The summed E-state index contributed by atoms with van der Waals surface area (Å²) in [6, 6.07) is 3.88. The molecule has 0 bridgehead atoms. The van der Waals surface area contributed by atoms with E-state index in [2.05, 4.69) is 4.98 Å². The SMILES string of the molecule is CSc1ncccc1C(=O)N(CCO)C1CCCC1. The van der Waals surface area contributed by atoms with Crippen molar-refractivity contribution in [2.24, 2.45) is 0 Å². The van der Waals surface area contributed by atoms with E-state index in [1.165, 1.54) is 24.6 Å². The van der Waals surface area contributed by atoms with E-state index in [1.807, 2.05) is 17.2 Å². The second kappa shape index (κ2) is 6.91. The largest absolute Gasteiger partial charge is 0.395 e. The first-order valence-electron chi connectivity index (χ1n) is 6.68. The van der Waals surface area contributed by atoms with Gasteiger partial charge in [0.1, 0.15) is 5.03 Å². The first-order chi connectivity index (χ1) is 9.27. The van der Waals surface area contributed by atoms with Gasteiger partial charge in [0.2, 0.25) is 0 Å². The number of nitrogens with zero attached hydrogens (tertiary/aromatic N) is 2. The number of thioether (sulfide) groups is 1. The molecule has 1 aliphatic carbocycles. The molecule has 1 N–H and O–H groups in total. The molecule has 5 heteroatoms. The van der Waals surface area contributed by atoms with Gasteiger partial charge < -0.3 is 10.0 Å². The molecule has 1 aromatic heterocycles. The number of pyridine rings is 1. The zero-order chi connectivity index (χ0) is 13.7. The van der Waals surface area contributed by atoms with Crippen LogP contribution in [0, 0.1) is 0 Å². The third kappa shape index (κ3) is 3.28. The molecule has 1 saturated carbocycles. The van der Waals surface area contributed by atoms with Crippen LogP contribution in [0.1, 0.15) is 36.0 Å². The number of hydrogen-bond donors (Lipinski definition) is 1. The van der Waals surface area contributed by atoms with Gasteiger partial charge in [0, 0.05) is 18.8 Å². The first kappa shape index (κ1) is 14.3. The minimum atomic E-state index is -0.00148. The number of carbonyl (C=O) groups is 1. The van der Waals surface area contributed by atoms with E-state index < -0.39 is 0 Å². The molecule has 2 rings (SSSR count). The van der Waals surface area contributed by atoms with E-state index in [-0.39, 0.29) is 18.6 Å². The molecule has 0 aromatic carbocycles. The van der Waals surface area contributed by atoms with E-state index in [9.17, 15) is 9.90 Å². The standard InChI is InChI=1S/C14H20N2O2S/c1-19-13-12(7-4-8-15-13)14(18)16(9-10-17)11-5-2-3-6-11/h4,7-8,11,17H,2-3,5-6,9-10H2,1H3. The number of aliphatic hydroxyl groups is 1. The second-order valence-electron chi connectivity index (χ2n) is 4.72. The predicted molar refractivity (Wildman–Crippen MR) is 76.4 cm³/mol. The number of amides is 1. The Balaban J connectivity index is 2.22. The summed E-state index contributed by atoms with van der Waals surface area (Å²) in [5.74, 6) is -0.00148. The third-order valence-electron chi connectivity index (χ3n) is 3.56. The molecule has 1 fully saturated rings. The van der Waals surface area contributed by atoms with Crippen LogP contribution in [-0.4, -0.2) is 46.3 Å². The lowest BCUT2D eigenvalue weighted by molar-refractivity contribution is 0.0633. The number of rotatable bonds is 5. The molecule has 4 nitrogen and oxygen atoms in total. The highest BCUT2D eigenvalue weighted by molar-refractivity contribution is 7.98. The van der Waals surface area contributed by atoms with Crippen LogP contribution in [0.3, 0.4) is 0 Å². The highest BCUT2D eigenvalue weighted by atomic mass is 32.2. The third-order valence-corrected chi connectivity index (χ3v) is 4.27. The molecule has 1 heterocycles. The van der Waals surface area contributed by atoms with Crippen molar-refractivity contribution in [2.75, 3.05) is 19.4 Å². The van der Waals surface area contributed by atoms with Gasteiger partial charge in [0.15, 0.2) is 0 Å². The van der Waals surface area contributed by atoms with Crippen LogP contribution in [0.5, 0.6) is 0 Å². The Morgan fingerprint density at radius 2 is 2.26 bits per heavy atom. The Bertz CT molecular complexity index is 433. The van der Waals surface area contributed by atoms with Crippen molar-refractivity contribution in [3.8, 4) is 0 Å². The lowest BCUT2D eigenvalue weighted by atomic mass is 10.1. The van der Waals surface area contributed by atoms with Crippen LogP contribution >= 0.6 is 11.8 Å². The van der Waals surface area contributed by atoms with Gasteiger partial charge in [-0.25, -0.2) is 4.98 Å². The second-order valence-corrected chi connectivity index (χ2v) is 5.52. The Hall–Kier alpha value is -1.07. The Kier molecular flexibility index (Phi) is 5.22. The maximum atomic E-state index is 12.7. The molecular weight excluding hydrogens is 260 g/mol. The molecule has 0 aliphatic heterocycles. The molecule has 104 valence electrons. The summed E-state index contributed by atoms with van der Waals surface area (Å²) >= 11 is 1.48. The zero-order valence-corrected chi connectivity index (χ0v) is 12.0. The molecule has 1 aromatic rings. The smallest absolute Gasteiger partial charge is 0.256 e. The minimum Gasteiger partial charge on any atom is -0.395 e. The zero-order valence-electron chi connectivity index (χ0n) is 11.2. The normalized spacial score (nSPS) is 15.7. The van der Waals surface area contributed by atoms with Crippen LogP contribution in [0.4, 0.5) is 0 Å². The molecule has 0 radical (unpaired) electrons. The first-order valence-corrected chi connectivity index (χ1v) is 7.91. The molecule has 0 spiro atoms. The van der Waals surface area contributed by atoms with Crippen molar-refractivity contribution >= 4 is 17.7 Å². The molecule has 0 unspecified atom stereocenters. The molecule has 0 atom stereocenters. The summed E-state index contributed by atoms with van der Waals surface area (Å²) in [4.78, 5) is 18.7. The minimum absolute atomic E-state index is 0.00148. The summed E-state index contributed by atoms with van der Waals surface area (Å²) in [7, 11) is 0. The average molecular weight is 280 g/mol. The van der Waals surface area contributed by atoms with Crippen LogP contribution in [0.25, 0.3) is 0 Å². The van der Waals surface area contributed by atoms with Crippen LogP contribution in [0.15, 0.2) is 23.4 Å². The summed E-state index contributed by atoms with van der Waals surface area (Å²) in [5.41, 5.74) is 0.648. The maximum Gasteiger partial charge on any atom is 0.256 e. The van der Waals surface area contributed by atoms with E-state index in [0.29, 0.717) is 12.1 Å². The van der Waals surface area contributed by atoms with Crippen molar-refractivity contribution in [1.82, 2.24) is 9.88 Å². The van der Waals surface area contributed by atoms with Crippen LogP contribution < -0.4 is 0 Å². The van der Waals surface area contributed by atoms with Crippen molar-refractivity contribution in [1.29, 1.82) is 0 Å². The Labute approximate surface area is 118 Å². The average Bonchev–Trinajstić information content (AvgIpc) is 2.98. The fourth-order valence-corrected chi connectivity index (χ4v) is 3.19. The molecule has 0 saturated heterocycles. The molecule has 1 aliphatic rings. The fraction of sp³-hybridized carbons (Fsp3) is 0.571. The highest BCUT2D eigenvalue weighted by Crippen LogP contribution is 2.26. The summed E-state index contributed by atoms with van der Waals surface area (Å²) in [5, 5.41) is 9.96. The molecular formula is C14H20N2O2S. The van der Waals surface area contributed by atoms with Crippen molar-refractivity contribution in [2.45, 2.75) is 36.8 Å². The number of carbonyl (C=O) groups excluding carboxylic acids is 1. The lowest BCUT2D eigenvalue weighted by Gasteiger charge is -2.28. The number of aliphatic hydroxyl groups excluding tert-OH is 1. The van der Waals surface area contributed by atoms with Gasteiger partial charge in [-0.1, -0.05) is 12.8 Å². The predicted octanol–water partition coefficient (Wildman–Crippen LogP) is 2.18. The molecule has 19 heavy (non-hydrogen) atoms. The van der Waals surface area contributed by atoms with Gasteiger partial charge in [0.05, 0.1) is 12.2 Å². The van der Waals surface area contributed by atoms with Gasteiger partial charge >= 0.3 is 0 Å². The summed E-state index contributed by atoms with van der Waals surface area (Å²) in [6.07, 6.45) is 8.05. The number of aromatic nitrogens is 1. The van der Waals surface area contributed by atoms with Crippen molar-refractivity contribution < 1.29 is 9.90 Å². The van der Waals surface area contributed by atoms with E-state index in [1.54, 1.807) is 12.3 Å². The Morgan fingerprint density at radius 3 is 2.89 bits per heavy atom. The molecule has 1 amide bonds. The van der Waals surface area contributed by atoms with E-state index >= 15 is 0 Å². The quantitative estimate of drug-likeness (QED) is 0.840. The van der Waals surface area contributed by atoms with E-state index in [4.69, 9.17) is 0 Å². The van der Waals surface area contributed by atoms with Crippen LogP contribution in [-0.2, 0) is 0 Å². The van der Waals surface area contributed by atoms with Gasteiger partial charge in [-0.15, -0.1) is 11.8 Å². The van der Waals surface area contributed by atoms with Crippen molar-refractivity contribution in [3.05, 3.63) is 23.9 Å². The van der Waals surface area contributed by atoms with Gasteiger partial charge in [0.25, 0.3) is 5.91 Å². The Morgan fingerprint density at radius 1 is 1.53 bits per heavy atom. The van der Waals surface area contributed by atoms with E-state index in [0.717, 1.165) is 17.9 Å². The highest BCUT2D eigenvalue weighted by Gasteiger charge is 2.28. The van der Waals surface area contributed by atoms with Crippen LogP contribution in [0.2, 0.25) is 0 Å². The lowest BCUT2D eigenvalue weighted by Crippen LogP contribution is -2.41. The van der Waals surface area contributed by atoms with Crippen molar-refractivity contribution in [3.63, 3.8) is 0 Å². The summed E-state index contributed by atoms with van der Waals surface area (Å²) in [6.45, 7) is 0.420. The van der Waals surface area contributed by atoms with Gasteiger partial charge in [-0.05, 0) is 31.2 Å². The van der Waals surface area contributed by atoms with Gasteiger partial charge in [-0.2, -0.15) is 0 Å². The maximum absolute atomic E-state index is 12.7. The fourth-order valence-electron chi connectivity index (χ4n) is 2.64. The summed E-state index contributed by atoms with van der Waals surface area (Å²) < 4.78 is 0. The number of hydrogen-bond acceptors (Lipinski definition) is 4. The van der Waals surface area contributed by atoms with Gasteiger partial charge in [-0.3, -0.25) is 4.79 Å².